The third-order valence-electron chi connectivity index (χ3n) is 5.13. The summed E-state index contributed by atoms with van der Waals surface area (Å²) in [6, 6.07) is 20.0. The second kappa shape index (κ2) is 8.88. The van der Waals surface area contributed by atoms with Gasteiger partial charge in [-0.25, -0.2) is 0 Å². The minimum atomic E-state index is -0.0737. The number of rotatable bonds is 7. The van der Waals surface area contributed by atoms with Gasteiger partial charge in [0.25, 0.3) is 0 Å². The van der Waals surface area contributed by atoms with Crippen LogP contribution in [0.15, 0.2) is 72.9 Å². The average molecular weight is 412 g/mol. The number of carbonyl (C=O) groups excluding carboxylic acids is 1. The number of carbonyl (C=O) groups is 1. The third kappa shape index (κ3) is 4.67. The van der Waals surface area contributed by atoms with Crippen molar-refractivity contribution in [3.05, 3.63) is 95.3 Å². The Morgan fingerprint density at radius 1 is 1.06 bits per heavy atom. The summed E-state index contributed by atoms with van der Waals surface area (Å²) in [7, 11) is 3.44. The lowest BCUT2D eigenvalue weighted by molar-refractivity contribution is 0.104. The molecule has 0 radical (unpaired) electrons. The van der Waals surface area contributed by atoms with Crippen molar-refractivity contribution < 1.29 is 14.3 Å². The van der Waals surface area contributed by atoms with E-state index in [0.29, 0.717) is 12.2 Å². The zero-order valence-electron chi connectivity index (χ0n) is 17.8. The summed E-state index contributed by atoms with van der Waals surface area (Å²) >= 11 is 0. The van der Waals surface area contributed by atoms with Crippen LogP contribution in [0, 0.1) is 6.92 Å². The molecule has 156 valence electrons. The van der Waals surface area contributed by atoms with Crippen molar-refractivity contribution in [3.63, 3.8) is 0 Å². The molecule has 0 atom stereocenters. The molecule has 0 N–H and O–H groups in total. The molecule has 5 nitrogen and oxygen atoms in total. The van der Waals surface area contributed by atoms with Gasteiger partial charge in [0, 0.05) is 18.8 Å². The summed E-state index contributed by atoms with van der Waals surface area (Å²) < 4.78 is 13.2. The number of aromatic nitrogens is 2. The molecule has 5 heteroatoms. The molecule has 0 aliphatic heterocycles. The standard InChI is InChI=1S/C26H24N2O3/c1-18-24(16-28(2)27-18)25(29)12-8-19-9-13-26(30-3)22(14-19)17-31-23-11-10-20-6-4-5-7-21(20)15-23/h4-16H,17H2,1-3H3/b12-8+. The van der Waals surface area contributed by atoms with Crippen LogP contribution in [0.2, 0.25) is 0 Å². The van der Waals surface area contributed by atoms with Gasteiger partial charge < -0.3 is 9.47 Å². The summed E-state index contributed by atoms with van der Waals surface area (Å²) in [5.41, 5.74) is 3.12. The van der Waals surface area contributed by atoms with Gasteiger partial charge in [-0.3, -0.25) is 9.48 Å². The lowest BCUT2D eigenvalue weighted by atomic mass is 10.1. The number of nitrogens with zero attached hydrogens (tertiary/aromatic N) is 2. The summed E-state index contributed by atoms with van der Waals surface area (Å²) in [6.45, 7) is 2.19. The van der Waals surface area contributed by atoms with E-state index in [0.717, 1.165) is 33.7 Å². The van der Waals surface area contributed by atoms with Crippen LogP contribution in [-0.2, 0) is 13.7 Å². The molecule has 0 amide bonds. The lowest BCUT2D eigenvalue weighted by Gasteiger charge is -2.12. The average Bonchev–Trinajstić information content (AvgIpc) is 3.13. The normalized spacial score (nSPS) is 11.2. The second-order valence-corrected chi connectivity index (χ2v) is 7.37. The number of hydrogen-bond acceptors (Lipinski definition) is 4. The number of allylic oxidation sites excluding steroid dienone is 1. The molecular formula is C26H24N2O3. The number of ether oxygens (including phenoxy) is 2. The summed E-state index contributed by atoms with van der Waals surface area (Å²) in [4.78, 5) is 12.5. The fourth-order valence-corrected chi connectivity index (χ4v) is 3.54. The van der Waals surface area contributed by atoms with E-state index in [-0.39, 0.29) is 5.78 Å². The predicted octanol–water partition coefficient (Wildman–Crippen LogP) is 5.37. The predicted molar refractivity (Wildman–Crippen MR) is 123 cm³/mol. The second-order valence-electron chi connectivity index (χ2n) is 7.37. The highest BCUT2D eigenvalue weighted by atomic mass is 16.5. The molecule has 3 aromatic carbocycles. The molecule has 0 aliphatic carbocycles. The van der Waals surface area contributed by atoms with Crippen molar-refractivity contribution in [1.82, 2.24) is 9.78 Å². The highest BCUT2D eigenvalue weighted by Gasteiger charge is 2.10. The number of ketones is 1. The molecule has 31 heavy (non-hydrogen) atoms. The van der Waals surface area contributed by atoms with Crippen molar-refractivity contribution in [2.24, 2.45) is 7.05 Å². The maximum absolute atomic E-state index is 12.5. The maximum atomic E-state index is 12.5. The van der Waals surface area contributed by atoms with E-state index in [1.54, 1.807) is 37.2 Å². The van der Waals surface area contributed by atoms with Crippen LogP contribution in [0.5, 0.6) is 11.5 Å². The van der Waals surface area contributed by atoms with E-state index < -0.39 is 0 Å². The zero-order chi connectivity index (χ0) is 21.8. The Bertz CT molecular complexity index is 1270. The largest absolute Gasteiger partial charge is 0.496 e. The van der Waals surface area contributed by atoms with Gasteiger partial charge in [-0.1, -0.05) is 42.5 Å². The van der Waals surface area contributed by atoms with Crippen LogP contribution in [0.1, 0.15) is 27.2 Å². The van der Waals surface area contributed by atoms with Crippen LogP contribution < -0.4 is 9.47 Å². The molecule has 0 aliphatic rings. The smallest absolute Gasteiger partial charge is 0.189 e. The zero-order valence-corrected chi connectivity index (χ0v) is 17.8. The molecule has 0 unspecified atom stereocenters. The van der Waals surface area contributed by atoms with Crippen LogP contribution >= 0.6 is 0 Å². The first-order valence-corrected chi connectivity index (χ1v) is 10.0. The van der Waals surface area contributed by atoms with Gasteiger partial charge >= 0.3 is 0 Å². The van der Waals surface area contributed by atoms with E-state index in [1.807, 2.05) is 55.5 Å². The maximum Gasteiger partial charge on any atom is 0.189 e. The Balaban J connectivity index is 1.51. The van der Waals surface area contributed by atoms with Gasteiger partial charge in [-0.2, -0.15) is 5.10 Å². The Morgan fingerprint density at radius 2 is 1.87 bits per heavy atom. The number of methoxy groups -OCH3 is 1. The van der Waals surface area contributed by atoms with Crippen molar-refractivity contribution in [3.8, 4) is 11.5 Å². The van der Waals surface area contributed by atoms with E-state index >= 15 is 0 Å². The van der Waals surface area contributed by atoms with Gasteiger partial charge in [0.05, 0.1) is 18.4 Å². The molecule has 0 bridgehead atoms. The Kier molecular flexibility index (Phi) is 5.85. The fraction of sp³-hybridized carbons (Fsp3) is 0.154. The van der Waals surface area contributed by atoms with Gasteiger partial charge in [0.15, 0.2) is 5.78 Å². The molecule has 1 heterocycles. The molecule has 4 rings (SSSR count). The minimum absolute atomic E-state index is 0.0737. The summed E-state index contributed by atoms with van der Waals surface area (Å²) in [6.07, 6.45) is 5.10. The SMILES string of the molecule is COc1ccc(/C=C/C(=O)c2cn(C)nc2C)cc1COc1ccc2ccccc2c1. The number of hydrogen-bond donors (Lipinski definition) is 0. The van der Waals surface area contributed by atoms with Crippen molar-refractivity contribution in [1.29, 1.82) is 0 Å². The quantitative estimate of drug-likeness (QED) is 0.303. The van der Waals surface area contributed by atoms with Crippen molar-refractivity contribution in [2.75, 3.05) is 7.11 Å². The minimum Gasteiger partial charge on any atom is -0.496 e. The molecule has 0 saturated heterocycles. The molecule has 0 saturated carbocycles. The highest BCUT2D eigenvalue weighted by Crippen LogP contribution is 2.25. The lowest BCUT2D eigenvalue weighted by Crippen LogP contribution is -1.99. The molecule has 4 aromatic rings. The molecular weight excluding hydrogens is 388 g/mol. The van der Waals surface area contributed by atoms with E-state index in [2.05, 4.69) is 17.2 Å². The first-order chi connectivity index (χ1) is 15.0. The fourth-order valence-electron chi connectivity index (χ4n) is 3.54. The highest BCUT2D eigenvalue weighted by molar-refractivity contribution is 6.07. The molecule has 0 spiro atoms. The van der Waals surface area contributed by atoms with Gasteiger partial charge in [-0.15, -0.1) is 0 Å². The summed E-state index contributed by atoms with van der Waals surface area (Å²) in [5.74, 6) is 1.46. The molecule has 0 fully saturated rings. The molecule has 1 aromatic heterocycles. The van der Waals surface area contributed by atoms with E-state index in [1.165, 1.54) is 5.39 Å². The van der Waals surface area contributed by atoms with Crippen molar-refractivity contribution in [2.45, 2.75) is 13.5 Å². The summed E-state index contributed by atoms with van der Waals surface area (Å²) in [5, 5.41) is 6.53. The first kappa shape index (κ1) is 20.4. The Hall–Kier alpha value is -3.86. The van der Waals surface area contributed by atoms with Gasteiger partial charge in [0.1, 0.15) is 18.1 Å². The van der Waals surface area contributed by atoms with Crippen LogP contribution in [-0.4, -0.2) is 22.7 Å². The van der Waals surface area contributed by atoms with Crippen LogP contribution in [0.4, 0.5) is 0 Å². The Labute approximate surface area is 181 Å². The van der Waals surface area contributed by atoms with Gasteiger partial charge in [0.2, 0.25) is 0 Å². The van der Waals surface area contributed by atoms with Crippen molar-refractivity contribution >= 4 is 22.6 Å². The van der Waals surface area contributed by atoms with Gasteiger partial charge in [-0.05, 0) is 53.6 Å². The number of benzene rings is 3. The Morgan fingerprint density at radius 3 is 2.61 bits per heavy atom. The van der Waals surface area contributed by atoms with Crippen LogP contribution in [0.3, 0.4) is 0 Å². The number of aryl methyl sites for hydroxylation is 2. The number of fused-ring (bicyclic) bond motifs is 1. The van der Waals surface area contributed by atoms with E-state index in [4.69, 9.17) is 9.47 Å². The first-order valence-electron chi connectivity index (χ1n) is 10.0. The topological polar surface area (TPSA) is 53.4 Å². The third-order valence-corrected chi connectivity index (χ3v) is 5.13. The van der Waals surface area contributed by atoms with Crippen LogP contribution in [0.25, 0.3) is 16.8 Å². The van der Waals surface area contributed by atoms with E-state index in [9.17, 15) is 4.79 Å². The monoisotopic (exact) mass is 412 g/mol.